The third kappa shape index (κ3) is 4.58. The average molecular weight is 705 g/mol. The summed E-state index contributed by atoms with van der Waals surface area (Å²) in [6, 6.07) is 7.42. The minimum Gasteiger partial charge on any atom is -0.507 e. The van der Waals surface area contributed by atoms with Crippen LogP contribution >= 0.6 is 0 Å². The monoisotopic (exact) mass is 704 g/mol. The van der Waals surface area contributed by atoms with Crippen LogP contribution in [0.1, 0.15) is 136 Å². The van der Waals surface area contributed by atoms with Crippen LogP contribution in [-0.4, -0.2) is 62.9 Å². The second-order valence-corrected chi connectivity index (χ2v) is 14.6. The highest BCUT2D eigenvalue weighted by Gasteiger charge is 2.44. The molecule has 4 aliphatic carbocycles. The Hall–Kier alpha value is -5.52. The molecule has 0 fully saturated rings. The molecule has 0 radical (unpaired) electrons. The Bertz CT molecular complexity index is 2330. The number of ether oxygens (including phenoxy) is 2. The van der Waals surface area contributed by atoms with Gasteiger partial charge in [0.1, 0.15) is 28.7 Å². The first-order valence-electron chi connectivity index (χ1n) is 17.2. The van der Waals surface area contributed by atoms with E-state index in [1.807, 2.05) is 13.8 Å². The summed E-state index contributed by atoms with van der Waals surface area (Å²) in [4.78, 5) is 56.6. The van der Waals surface area contributed by atoms with Crippen molar-refractivity contribution in [1.82, 2.24) is 0 Å². The van der Waals surface area contributed by atoms with E-state index in [1.165, 1.54) is 32.4 Å². The number of hydrogen-bond acceptors (Lipinski definition) is 11. The van der Waals surface area contributed by atoms with Crippen LogP contribution in [0.4, 0.5) is 0 Å². The molecule has 0 aliphatic heterocycles. The second-order valence-electron chi connectivity index (χ2n) is 14.6. The van der Waals surface area contributed by atoms with Gasteiger partial charge in [0.05, 0.1) is 54.2 Å². The summed E-state index contributed by atoms with van der Waals surface area (Å²) in [5, 5.41) is 56.7. The van der Waals surface area contributed by atoms with Crippen LogP contribution in [-0.2, 0) is 19.3 Å². The van der Waals surface area contributed by atoms with E-state index in [1.54, 1.807) is 12.1 Å². The van der Waals surface area contributed by atoms with Crippen LogP contribution in [0.25, 0.3) is 0 Å². The number of rotatable bonds is 4. The number of carbonyl (C=O) groups is 4. The first-order chi connectivity index (χ1) is 24.8. The van der Waals surface area contributed by atoms with E-state index in [0.717, 1.165) is 5.56 Å². The van der Waals surface area contributed by atoms with Gasteiger partial charge in [-0.15, -0.1) is 0 Å². The van der Waals surface area contributed by atoms with Crippen molar-refractivity contribution in [3.8, 4) is 28.7 Å². The Morgan fingerprint density at radius 1 is 0.596 bits per heavy atom. The van der Waals surface area contributed by atoms with E-state index in [4.69, 9.17) is 9.47 Å². The van der Waals surface area contributed by atoms with Gasteiger partial charge in [-0.05, 0) is 84.0 Å². The van der Waals surface area contributed by atoms with E-state index in [-0.39, 0.29) is 91.0 Å². The first-order valence-corrected chi connectivity index (χ1v) is 17.2. The van der Waals surface area contributed by atoms with Crippen molar-refractivity contribution in [3.05, 3.63) is 108 Å². The topological polar surface area (TPSA) is 188 Å². The van der Waals surface area contributed by atoms with E-state index < -0.39 is 52.6 Å². The van der Waals surface area contributed by atoms with E-state index in [0.29, 0.717) is 36.8 Å². The smallest absolute Gasteiger partial charge is 0.202 e. The predicted octanol–water partition coefficient (Wildman–Crippen LogP) is 5.19. The van der Waals surface area contributed by atoms with Crippen LogP contribution in [0.2, 0.25) is 0 Å². The van der Waals surface area contributed by atoms with Gasteiger partial charge in [0.15, 0.2) is 17.3 Å². The highest BCUT2D eigenvalue weighted by atomic mass is 16.5. The minimum absolute atomic E-state index is 0.00592. The van der Waals surface area contributed by atoms with E-state index >= 15 is 0 Å². The molecule has 5 N–H and O–H groups in total. The van der Waals surface area contributed by atoms with Gasteiger partial charge in [0.2, 0.25) is 5.78 Å². The normalized spacial score (nSPS) is 21.4. The molecule has 11 heteroatoms. The molecule has 0 amide bonds. The summed E-state index contributed by atoms with van der Waals surface area (Å²) in [6.07, 6.45) is -0.573. The third-order valence-corrected chi connectivity index (χ3v) is 11.2. The number of aliphatic hydroxyl groups excluding tert-OH is 2. The number of methoxy groups -OCH3 is 2. The Balaban J connectivity index is 1.28. The summed E-state index contributed by atoms with van der Waals surface area (Å²) in [6.45, 7) is 3.92. The summed E-state index contributed by atoms with van der Waals surface area (Å²) in [5.74, 6) is -4.20. The number of phenols is 3. The van der Waals surface area contributed by atoms with Crippen molar-refractivity contribution in [3.63, 3.8) is 0 Å². The van der Waals surface area contributed by atoms with Crippen LogP contribution in [0.15, 0.2) is 30.3 Å². The summed E-state index contributed by atoms with van der Waals surface area (Å²) < 4.78 is 11.1. The fraction of sp³-hybridized carbons (Fsp3) is 0.317. The lowest BCUT2D eigenvalue weighted by Crippen LogP contribution is -2.28. The molecule has 0 bridgehead atoms. The zero-order chi connectivity index (χ0) is 37.1. The van der Waals surface area contributed by atoms with Crippen molar-refractivity contribution >= 4 is 23.1 Å². The maximum absolute atomic E-state index is 14.4. The standard InChI is InChI=1S/C41H36O11/c1-15-7-17-5-6-21-29(27(17)22(42)9-15)39(48)34-31(38(21)47)25(51-3)13-19(36(34)45)11-20-14-26(52-4)32-35(37(20)46)41(50)33-28-18(8-16(2)10-23(28)43)12-24(44)30(33)40(32)49/h5-6,12-16,22-23,42-46H,7-11H2,1-4H3. The lowest BCUT2D eigenvalue weighted by Gasteiger charge is -2.32. The van der Waals surface area contributed by atoms with Gasteiger partial charge in [0, 0.05) is 34.2 Å². The highest BCUT2D eigenvalue weighted by Crippen LogP contribution is 2.50. The van der Waals surface area contributed by atoms with Crippen molar-refractivity contribution in [1.29, 1.82) is 0 Å². The number of ketones is 4. The largest absolute Gasteiger partial charge is 0.507 e. The van der Waals surface area contributed by atoms with Gasteiger partial charge in [-0.2, -0.15) is 0 Å². The fourth-order valence-corrected chi connectivity index (χ4v) is 8.93. The molecule has 0 aromatic heterocycles. The highest BCUT2D eigenvalue weighted by molar-refractivity contribution is 6.32. The second kappa shape index (κ2) is 11.8. The number of phenolic OH excluding ortho intramolecular Hbond substituents is 3. The van der Waals surface area contributed by atoms with Crippen molar-refractivity contribution in [2.24, 2.45) is 11.8 Å². The molecule has 0 heterocycles. The lowest BCUT2D eigenvalue weighted by atomic mass is 9.73. The van der Waals surface area contributed by atoms with Crippen LogP contribution < -0.4 is 9.47 Å². The van der Waals surface area contributed by atoms with Gasteiger partial charge in [-0.1, -0.05) is 19.9 Å². The van der Waals surface area contributed by atoms with Gasteiger partial charge >= 0.3 is 0 Å². The lowest BCUT2D eigenvalue weighted by molar-refractivity contribution is 0.0958. The summed E-state index contributed by atoms with van der Waals surface area (Å²) in [5.41, 5.74) is 0.577. The number of carbonyl (C=O) groups excluding carboxylic acids is 4. The van der Waals surface area contributed by atoms with Crippen LogP contribution in [0.3, 0.4) is 0 Å². The van der Waals surface area contributed by atoms with E-state index in [9.17, 15) is 44.7 Å². The van der Waals surface area contributed by atoms with Gasteiger partial charge < -0.3 is 35.0 Å². The number of fused-ring (bicyclic) bond motifs is 8. The van der Waals surface area contributed by atoms with Gasteiger partial charge in [-0.3, -0.25) is 19.2 Å². The predicted molar refractivity (Wildman–Crippen MR) is 185 cm³/mol. The average Bonchev–Trinajstić information content (AvgIpc) is 3.09. The molecule has 11 nitrogen and oxygen atoms in total. The number of hydrogen-bond donors (Lipinski definition) is 5. The molecular weight excluding hydrogens is 668 g/mol. The molecule has 0 spiro atoms. The van der Waals surface area contributed by atoms with Gasteiger partial charge in [-0.25, -0.2) is 0 Å². The molecule has 266 valence electrons. The maximum Gasteiger partial charge on any atom is 0.202 e. The molecular formula is C41H36O11. The first kappa shape index (κ1) is 33.6. The maximum atomic E-state index is 14.4. The molecule has 52 heavy (non-hydrogen) atoms. The number of aliphatic hydroxyl groups is 2. The van der Waals surface area contributed by atoms with Gasteiger partial charge in [0.25, 0.3) is 0 Å². The van der Waals surface area contributed by atoms with Crippen molar-refractivity contribution < 1.29 is 54.2 Å². The Morgan fingerprint density at radius 3 is 1.63 bits per heavy atom. The Labute approximate surface area is 298 Å². The molecule has 0 saturated carbocycles. The molecule has 4 atom stereocenters. The van der Waals surface area contributed by atoms with Crippen LogP contribution in [0.5, 0.6) is 28.7 Å². The molecule has 0 saturated heterocycles. The van der Waals surface area contributed by atoms with Crippen molar-refractivity contribution in [2.45, 2.75) is 58.2 Å². The zero-order valence-electron chi connectivity index (χ0n) is 28.9. The van der Waals surface area contributed by atoms with Crippen molar-refractivity contribution in [2.75, 3.05) is 14.2 Å². The fourth-order valence-electron chi connectivity index (χ4n) is 8.93. The Kier molecular flexibility index (Phi) is 7.60. The summed E-state index contributed by atoms with van der Waals surface area (Å²) in [7, 11) is 2.59. The quantitative estimate of drug-likeness (QED) is 0.162. The molecule has 4 aromatic carbocycles. The molecule has 4 unspecified atom stereocenters. The minimum atomic E-state index is -1.08. The summed E-state index contributed by atoms with van der Waals surface area (Å²) >= 11 is 0. The third-order valence-electron chi connectivity index (χ3n) is 11.2. The molecule has 4 aromatic rings. The Morgan fingerprint density at radius 2 is 1.08 bits per heavy atom. The SMILES string of the molecule is COc1cc(Cc2cc(OC)c3c(c2O)C(=O)c2c(c(O)cc4c2C(O)CC(C)C4)C3=O)c(O)c2c1C(=O)c1ccc3c(c1C2=O)C(O)CC(C)C3. The zero-order valence-corrected chi connectivity index (χ0v) is 28.9. The molecule has 8 rings (SSSR count). The van der Waals surface area contributed by atoms with Crippen LogP contribution in [0, 0.1) is 11.8 Å². The number of aromatic hydroxyl groups is 3. The molecule has 4 aliphatic rings. The van der Waals surface area contributed by atoms with E-state index in [2.05, 4.69) is 0 Å². The number of benzene rings is 4.